The molecule has 0 saturated carbocycles. The van der Waals surface area contributed by atoms with Crippen LogP contribution < -0.4 is 15.1 Å². The van der Waals surface area contributed by atoms with Crippen LogP contribution >= 0.6 is 0 Å². The number of pyridine rings is 1. The van der Waals surface area contributed by atoms with Crippen LogP contribution in [0.4, 0.5) is 5.82 Å². The number of rotatable bonds is 5. The minimum atomic E-state index is 0.544. The molecule has 5 heteroatoms. The van der Waals surface area contributed by atoms with E-state index >= 15 is 0 Å². The van der Waals surface area contributed by atoms with Crippen LogP contribution in [0.5, 0.6) is 5.75 Å². The normalized spacial score (nSPS) is 16.3. The number of hydrogen-bond acceptors (Lipinski definition) is 4. The first-order valence-electron chi connectivity index (χ1n) is 7.63. The second kappa shape index (κ2) is 6.98. The fourth-order valence-electron chi connectivity index (χ4n) is 2.73. The Morgan fingerprint density at radius 2 is 2.00 bits per heavy atom. The molecule has 1 saturated heterocycles. The predicted molar refractivity (Wildman–Crippen MR) is 86.8 cm³/mol. The van der Waals surface area contributed by atoms with Gasteiger partial charge in [-0.2, -0.15) is 0 Å². The van der Waals surface area contributed by atoms with E-state index in [9.17, 15) is 0 Å². The number of aromatic nitrogens is 1. The summed E-state index contributed by atoms with van der Waals surface area (Å²) in [6, 6.07) is 2.17. The van der Waals surface area contributed by atoms with Crippen molar-refractivity contribution in [1.82, 2.24) is 9.88 Å². The average molecular weight is 275 g/mol. The smallest absolute Gasteiger partial charge is 0.174 e. The molecule has 0 N–H and O–H groups in total. The Bertz CT molecular complexity index is 433. The highest BCUT2D eigenvalue weighted by Crippen LogP contribution is 2.25. The molecule has 0 bridgehead atoms. The number of nitrogens with zero attached hydrogens (tertiary/aromatic N) is 3. The molecule has 0 radical (unpaired) electrons. The van der Waals surface area contributed by atoms with Gasteiger partial charge in [0.1, 0.15) is 0 Å². The molecule has 4 nitrogen and oxygen atoms in total. The average Bonchev–Trinajstić information content (AvgIpc) is 2.47. The summed E-state index contributed by atoms with van der Waals surface area (Å²) in [6.45, 7) is 9.23. The Balaban J connectivity index is 2.17. The standard InChI is InChI=1S/C15H26BN3O/c1-5-6-16(2)13-11-14(20-4)15(17-12-13)19-9-7-18(3)8-10-19/h11-12H,5-10H2,1-4H3. The van der Waals surface area contributed by atoms with E-state index in [2.05, 4.69) is 41.6 Å². The summed E-state index contributed by atoms with van der Waals surface area (Å²) in [4.78, 5) is 9.36. The van der Waals surface area contributed by atoms with Crippen LogP contribution in [0, 0.1) is 0 Å². The van der Waals surface area contributed by atoms with E-state index in [4.69, 9.17) is 4.74 Å². The SMILES string of the molecule is CCCB(C)c1cnc(N2CCN(C)CC2)c(OC)c1. The Kier molecular flexibility index (Phi) is 5.29. The van der Waals surface area contributed by atoms with Gasteiger partial charge in [0.25, 0.3) is 0 Å². The fraction of sp³-hybridized carbons (Fsp3) is 0.667. The van der Waals surface area contributed by atoms with Crippen molar-refractivity contribution in [2.45, 2.75) is 26.5 Å². The van der Waals surface area contributed by atoms with Gasteiger partial charge < -0.3 is 14.5 Å². The van der Waals surface area contributed by atoms with Crippen molar-refractivity contribution >= 4 is 18.0 Å². The number of methoxy groups -OCH3 is 1. The summed E-state index contributed by atoms with van der Waals surface area (Å²) in [7, 11) is 3.91. The molecule has 1 aromatic heterocycles. The van der Waals surface area contributed by atoms with Crippen LogP contribution in [0.2, 0.25) is 13.1 Å². The molecule has 0 aromatic carbocycles. The van der Waals surface area contributed by atoms with Crippen LogP contribution in [0.25, 0.3) is 0 Å². The van der Waals surface area contributed by atoms with Crippen molar-refractivity contribution in [2.24, 2.45) is 0 Å². The van der Waals surface area contributed by atoms with Crippen molar-refractivity contribution < 1.29 is 4.74 Å². The highest BCUT2D eigenvalue weighted by Gasteiger charge is 2.20. The Hall–Kier alpha value is -1.23. The van der Waals surface area contributed by atoms with Crippen molar-refractivity contribution in [3.05, 3.63) is 12.3 Å². The Morgan fingerprint density at radius 1 is 1.30 bits per heavy atom. The molecule has 1 fully saturated rings. The third kappa shape index (κ3) is 3.45. The highest BCUT2D eigenvalue weighted by atomic mass is 16.5. The van der Waals surface area contributed by atoms with Crippen LogP contribution in [-0.2, 0) is 0 Å². The van der Waals surface area contributed by atoms with Crippen LogP contribution in [0.15, 0.2) is 12.3 Å². The zero-order valence-electron chi connectivity index (χ0n) is 13.2. The van der Waals surface area contributed by atoms with Gasteiger partial charge in [-0.15, -0.1) is 0 Å². The second-order valence-electron chi connectivity index (χ2n) is 5.77. The maximum Gasteiger partial charge on any atom is 0.174 e. The monoisotopic (exact) mass is 275 g/mol. The van der Waals surface area contributed by atoms with E-state index in [1.165, 1.54) is 18.2 Å². The molecule has 0 unspecified atom stereocenters. The molecule has 0 atom stereocenters. The molecule has 1 aliphatic rings. The summed E-state index contributed by atoms with van der Waals surface area (Å²) >= 11 is 0. The number of ether oxygens (including phenoxy) is 1. The van der Waals surface area contributed by atoms with Crippen molar-refractivity contribution in [2.75, 3.05) is 45.2 Å². The summed E-state index contributed by atoms with van der Waals surface area (Å²) in [5.41, 5.74) is 1.28. The first-order valence-corrected chi connectivity index (χ1v) is 7.63. The lowest BCUT2D eigenvalue weighted by atomic mass is 9.45. The molecule has 0 aliphatic carbocycles. The van der Waals surface area contributed by atoms with Crippen LogP contribution in [0.1, 0.15) is 13.3 Å². The molecule has 2 rings (SSSR count). The van der Waals surface area contributed by atoms with Gasteiger partial charge in [0.05, 0.1) is 7.11 Å². The van der Waals surface area contributed by atoms with Gasteiger partial charge in [-0.25, -0.2) is 4.98 Å². The number of likely N-dealkylation sites (N-methyl/N-ethyl adjacent to an activating group) is 1. The maximum absolute atomic E-state index is 5.58. The van der Waals surface area contributed by atoms with Gasteiger partial charge >= 0.3 is 0 Å². The first kappa shape index (κ1) is 15.2. The number of hydrogen-bond donors (Lipinski definition) is 0. The van der Waals surface area contributed by atoms with Gasteiger partial charge in [0, 0.05) is 32.4 Å². The summed E-state index contributed by atoms with van der Waals surface area (Å²) in [5.74, 6) is 1.91. The number of piperazine rings is 1. The molecule has 20 heavy (non-hydrogen) atoms. The van der Waals surface area contributed by atoms with Crippen LogP contribution in [0.3, 0.4) is 0 Å². The lowest BCUT2D eigenvalue weighted by Gasteiger charge is -2.34. The topological polar surface area (TPSA) is 28.6 Å². The van der Waals surface area contributed by atoms with Gasteiger partial charge in [0.15, 0.2) is 18.3 Å². The third-order valence-corrected chi connectivity index (χ3v) is 4.17. The zero-order valence-corrected chi connectivity index (χ0v) is 13.2. The van der Waals surface area contributed by atoms with E-state index in [1.807, 2.05) is 6.20 Å². The van der Waals surface area contributed by atoms with Gasteiger partial charge in [-0.3, -0.25) is 0 Å². The van der Waals surface area contributed by atoms with E-state index in [0.717, 1.165) is 37.7 Å². The molecule has 110 valence electrons. The third-order valence-electron chi connectivity index (χ3n) is 4.17. The van der Waals surface area contributed by atoms with Gasteiger partial charge in [-0.05, 0) is 13.1 Å². The highest BCUT2D eigenvalue weighted by molar-refractivity contribution is 6.72. The predicted octanol–water partition coefficient (Wildman–Crippen LogP) is 1.58. The largest absolute Gasteiger partial charge is 0.493 e. The molecule has 1 aromatic rings. The molecular formula is C15H26BN3O. The van der Waals surface area contributed by atoms with Crippen molar-refractivity contribution in [3.8, 4) is 5.75 Å². The molecule has 1 aliphatic heterocycles. The van der Waals surface area contributed by atoms with E-state index in [1.54, 1.807) is 7.11 Å². The summed E-state index contributed by atoms with van der Waals surface area (Å²) in [5, 5.41) is 0. The molecule has 0 spiro atoms. The van der Waals surface area contributed by atoms with Gasteiger partial charge in [0.2, 0.25) is 0 Å². The maximum atomic E-state index is 5.58. The lowest BCUT2D eigenvalue weighted by molar-refractivity contribution is 0.310. The van der Waals surface area contributed by atoms with E-state index in [-0.39, 0.29) is 0 Å². The zero-order chi connectivity index (χ0) is 14.5. The Labute approximate surface area is 123 Å². The molecule has 2 heterocycles. The molecule has 0 amide bonds. The molecular weight excluding hydrogens is 249 g/mol. The Morgan fingerprint density at radius 3 is 2.60 bits per heavy atom. The van der Waals surface area contributed by atoms with Crippen LogP contribution in [-0.4, -0.2) is 56.9 Å². The fourth-order valence-corrected chi connectivity index (χ4v) is 2.73. The second-order valence-corrected chi connectivity index (χ2v) is 5.77. The summed E-state index contributed by atoms with van der Waals surface area (Å²) < 4.78 is 5.58. The minimum absolute atomic E-state index is 0.544. The summed E-state index contributed by atoms with van der Waals surface area (Å²) in [6.07, 6.45) is 4.42. The minimum Gasteiger partial charge on any atom is -0.493 e. The first-order chi connectivity index (χ1) is 9.65. The number of anilines is 1. The lowest BCUT2D eigenvalue weighted by Crippen LogP contribution is -2.45. The quantitative estimate of drug-likeness (QED) is 0.763. The van der Waals surface area contributed by atoms with Crippen molar-refractivity contribution in [3.63, 3.8) is 0 Å². The van der Waals surface area contributed by atoms with E-state index < -0.39 is 0 Å². The van der Waals surface area contributed by atoms with E-state index in [0.29, 0.717) is 6.71 Å². The van der Waals surface area contributed by atoms with Gasteiger partial charge in [-0.1, -0.05) is 32.0 Å². The van der Waals surface area contributed by atoms with Crippen molar-refractivity contribution in [1.29, 1.82) is 0 Å².